The smallest absolute Gasteiger partial charge is 0.258 e. The van der Waals surface area contributed by atoms with Gasteiger partial charge in [0.2, 0.25) is 0 Å². The van der Waals surface area contributed by atoms with Crippen molar-refractivity contribution in [3.63, 3.8) is 0 Å². The standard InChI is InChI=1S/C14H18N2O2/c1-10(2)15-7-8-18-13-9-11-5-3-4-6-12(11)14(17)16-13/h3-6,9-10,15H,7-8H2,1-2H3,(H,16,17). The van der Waals surface area contributed by atoms with Gasteiger partial charge in [-0.3, -0.25) is 9.78 Å². The molecule has 0 amide bonds. The molecule has 0 fully saturated rings. The number of H-pyrrole nitrogens is 1. The third-order valence-corrected chi connectivity index (χ3v) is 2.64. The molecule has 4 heteroatoms. The molecule has 0 bridgehead atoms. The Hall–Kier alpha value is -1.81. The molecule has 0 radical (unpaired) electrons. The Labute approximate surface area is 106 Å². The van der Waals surface area contributed by atoms with Gasteiger partial charge in [0, 0.05) is 24.0 Å². The van der Waals surface area contributed by atoms with Gasteiger partial charge in [-0.1, -0.05) is 32.0 Å². The van der Waals surface area contributed by atoms with Gasteiger partial charge >= 0.3 is 0 Å². The molecule has 0 spiro atoms. The Morgan fingerprint density at radius 1 is 1.33 bits per heavy atom. The zero-order chi connectivity index (χ0) is 13.0. The first-order valence-electron chi connectivity index (χ1n) is 6.15. The summed E-state index contributed by atoms with van der Waals surface area (Å²) in [5.74, 6) is 0.518. The van der Waals surface area contributed by atoms with Gasteiger partial charge in [0.1, 0.15) is 6.61 Å². The van der Waals surface area contributed by atoms with E-state index in [1.54, 1.807) is 6.07 Å². The number of nitrogens with one attached hydrogen (secondary N) is 2. The summed E-state index contributed by atoms with van der Waals surface area (Å²) >= 11 is 0. The van der Waals surface area contributed by atoms with E-state index < -0.39 is 0 Å². The van der Waals surface area contributed by atoms with Crippen molar-refractivity contribution in [2.75, 3.05) is 13.2 Å². The molecule has 2 aromatic rings. The van der Waals surface area contributed by atoms with Crippen molar-refractivity contribution in [1.82, 2.24) is 10.3 Å². The van der Waals surface area contributed by atoms with Crippen molar-refractivity contribution < 1.29 is 4.74 Å². The number of hydrogen-bond acceptors (Lipinski definition) is 3. The van der Waals surface area contributed by atoms with Crippen LogP contribution in [-0.4, -0.2) is 24.2 Å². The van der Waals surface area contributed by atoms with Gasteiger partial charge in [-0.15, -0.1) is 0 Å². The summed E-state index contributed by atoms with van der Waals surface area (Å²) in [6.07, 6.45) is 0. The van der Waals surface area contributed by atoms with Crippen LogP contribution < -0.4 is 15.6 Å². The zero-order valence-corrected chi connectivity index (χ0v) is 10.7. The van der Waals surface area contributed by atoms with Gasteiger partial charge in [-0.05, 0) is 11.5 Å². The van der Waals surface area contributed by atoms with Gasteiger partial charge < -0.3 is 10.1 Å². The first-order chi connectivity index (χ1) is 8.66. The number of hydrogen-bond donors (Lipinski definition) is 2. The molecule has 0 unspecified atom stereocenters. The van der Waals surface area contributed by atoms with Crippen molar-refractivity contribution >= 4 is 10.8 Å². The Morgan fingerprint density at radius 3 is 2.89 bits per heavy atom. The van der Waals surface area contributed by atoms with E-state index in [4.69, 9.17) is 4.74 Å². The van der Waals surface area contributed by atoms with Crippen LogP contribution in [0.3, 0.4) is 0 Å². The second-order valence-corrected chi connectivity index (χ2v) is 4.51. The summed E-state index contributed by atoms with van der Waals surface area (Å²) in [6.45, 7) is 5.45. The maximum Gasteiger partial charge on any atom is 0.258 e. The van der Waals surface area contributed by atoms with Gasteiger partial charge in [-0.2, -0.15) is 0 Å². The fourth-order valence-electron chi connectivity index (χ4n) is 1.77. The Balaban J connectivity index is 2.08. The van der Waals surface area contributed by atoms with Crippen molar-refractivity contribution in [3.05, 3.63) is 40.7 Å². The Bertz CT molecular complexity index is 575. The highest BCUT2D eigenvalue weighted by molar-refractivity contribution is 5.82. The first kappa shape index (κ1) is 12.6. The summed E-state index contributed by atoms with van der Waals surface area (Å²) in [5.41, 5.74) is -0.111. The van der Waals surface area contributed by atoms with Crippen LogP contribution in [0.4, 0.5) is 0 Å². The molecular weight excluding hydrogens is 228 g/mol. The van der Waals surface area contributed by atoms with Crippen LogP contribution in [0.2, 0.25) is 0 Å². The topological polar surface area (TPSA) is 54.1 Å². The third kappa shape index (κ3) is 3.11. The highest BCUT2D eigenvalue weighted by Crippen LogP contribution is 2.13. The SMILES string of the molecule is CC(C)NCCOc1cc2ccccc2c(=O)[nH]1. The van der Waals surface area contributed by atoms with Crippen molar-refractivity contribution in [3.8, 4) is 5.88 Å². The van der Waals surface area contributed by atoms with Crippen molar-refractivity contribution in [2.24, 2.45) is 0 Å². The number of pyridine rings is 1. The minimum Gasteiger partial charge on any atom is -0.478 e. The molecule has 1 aromatic heterocycles. The molecule has 96 valence electrons. The minimum atomic E-state index is -0.111. The normalized spacial score (nSPS) is 11.1. The average Bonchev–Trinajstić information content (AvgIpc) is 2.35. The molecule has 0 atom stereocenters. The lowest BCUT2D eigenvalue weighted by Crippen LogP contribution is -2.27. The van der Waals surface area contributed by atoms with Gasteiger partial charge in [-0.25, -0.2) is 0 Å². The third-order valence-electron chi connectivity index (χ3n) is 2.64. The molecule has 0 saturated carbocycles. The molecule has 1 aromatic carbocycles. The van der Waals surface area contributed by atoms with Crippen molar-refractivity contribution in [2.45, 2.75) is 19.9 Å². The van der Waals surface area contributed by atoms with Crippen LogP contribution in [0.5, 0.6) is 5.88 Å². The molecule has 2 rings (SSSR count). The predicted molar refractivity (Wildman–Crippen MR) is 73.2 cm³/mol. The predicted octanol–water partition coefficient (Wildman–Crippen LogP) is 1.90. The summed E-state index contributed by atoms with van der Waals surface area (Å²) < 4.78 is 5.53. The monoisotopic (exact) mass is 246 g/mol. The summed E-state index contributed by atoms with van der Waals surface area (Å²) in [4.78, 5) is 14.5. The van der Waals surface area contributed by atoms with E-state index in [1.807, 2.05) is 24.3 Å². The highest BCUT2D eigenvalue weighted by Gasteiger charge is 2.01. The van der Waals surface area contributed by atoms with Crippen LogP contribution >= 0.6 is 0 Å². The van der Waals surface area contributed by atoms with Gasteiger partial charge in [0.25, 0.3) is 5.56 Å². The quantitative estimate of drug-likeness (QED) is 0.792. The number of rotatable bonds is 5. The fraction of sp³-hybridized carbons (Fsp3) is 0.357. The lowest BCUT2D eigenvalue weighted by atomic mass is 10.2. The van der Waals surface area contributed by atoms with E-state index in [9.17, 15) is 4.79 Å². The molecule has 4 nitrogen and oxygen atoms in total. The number of ether oxygens (including phenoxy) is 1. The fourth-order valence-corrected chi connectivity index (χ4v) is 1.77. The average molecular weight is 246 g/mol. The van der Waals surface area contributed by atoms with Crippen LogP contribution in [0.1, 0.15) is 13.8 Å². The Morgan fingerprint density at radius 2 is 2.11 bits per heavy atom. The summed E-state index contributed by atoms with van der Waals surface area (Å²) in [7, 11) is 0. The van der Waals surface area contributed by atoms with Crippen LogP contribution in [0.25, 0.3) is 10.8 Å². The maximum atomic E-state index is 11.8. The van der Waals surface area contributed by atoms with E-state index in [1.165, 1.54) is 0 Å². The van der Waals surface area contributed by atoms with Gasteiger partial charge in [0.05, 0.1) is 0 Å². The maximum absolute atomic E-state index is 11.8. The molecule has 1 heterocycles. The second kappa shape index (κ2) is 5.69. The molecule has 0 aliphatic heterocycles. The van der Waals surface area contributed by atoms with E-state index in [0.717, 1.165) is 11.9 Å². The minimum absolute atomic E-state index is 0.111. The lowest BCUT2D eigenvalue weighted by molar-refractivity contribution is 0.298. The number of aromatic nitrogens is 1. The molecule has 2 N–H and O–H groups in total. The first-order valence-corrected chi connectivity index (χ1v) is 6.15. The number of fused-ring (bicyclic) bond motifs is 1. The van der Waals surface area contributed by atoms with Crippen LogP contribution in [0.15, 0.2) is 35.1 Å². The number of aromatic amines is 1. The van der Waals surface area contributed by atoms with E-state index >= 15 is 0 Å². The lowest BCUT2D eigenvalue weighted by Gasteiger charge is -2.09. The largest absolute Gasteiger partial charge is 0.478 e. The van der Waals surface area contributed by atoms with Crippen molar-refractivity contribution in [1.29, 1.82) is 0 Å². The Kier molecular flexibility index (Phi) is 3.99. The second-order valence-electron chi connectivity index (χ2n) is 4.51. The molecule has 0 aliphatic carbocycles. The summed E-state index contributed by atoms with van der Waals surface area (Å²) in [6, 6.07) is 9.76. The van der Waals surface area contributed by atoms with Crippen LogP contribution in [-0.2, 0) is 0 Å². The number of benzene rings is 1. The highest BCUT2D eigenvalue weighted by atomic mass is 16.5. The molecule has 0 aliphatic rings. The zero-order valence-electron chi connectivity index (χ0n) is 10.7. The molecular formula is C14H18N2O2. The van der Waals surface area contributed by atoms with Crippen LogP contribution in [0, 0.1) is 0 Å². The van der Waals surface area contributed by atoms with Gasteiger partial charge in [0.15, 0.2) is 5.88 Å². The van der Waals surface area contributed by atoms with E-state index in [2.05, 4.69) is 24.1 Å². The summed E-state index contributed by atoms with van der Waals surface area (Å²) in [5, 5.41) is 4.83. The molecule has 0 saturated heterocycles. The van der Waals surface area contributed by atoms with E-state index in [-0.39, 0.29) is 5.56 Å². The molecule has 18 heavy (non-hydrogen) atoms. The van der Waals surface area contributed by atoms with E-state index in [0.29, 0.717) is 23.9 Å².